The van der Waals surface area contributed by atoms with Gasteiger partial charge in [0.05, 0.1) is 5.69 Å². The molecule has 0 aliphatic heterocycles. The molecule has 0 saturated heterocycles. The number of nitrogens with zero attached hydrogens (tertiary/aromatic N) is 3. The first-order valence-electron chi connectivity index (χ1n) is 5.40. The summed E-state index contributed by atoms with van der Waals surface area (Å²) >= 11 is 0. The fraction of sp³-hybridized carbons (Fsp3) is 0.182. The number of benzene rings is 1. The van der Waals surface area contributed by atoms with Crippen molar-refractivity contribution in [2.24, 2.45) is 0 Å². The summed E-state index contributed by atoms with van der Waals surface area (Å²) in [6, 6.07) is 6.39. The van der Waals surface area contributed by atoms with E-state index in [0.717, 1.165) is 0 Å². The molecule has 1 aromatic heterocycles. The average molecular weight is 286 g/mol. The minimum Gasteiger partial charge on any atom is -0.440 e. The molecule has 1 amide bonds. The predicted octanol–water partition coefficient (Wildman–Crippen LogP) is 2.38. The normalized spacial score (nSPS) is 11.2. The number of carbonyl (C=O) groups is 1. The summed E-state index contributed by atoms with van der Waals surface area (Å²) in [6.45, 7) is -1.63. The van der Waals surface area contributed by atoms with Gasteiger partial charge >= 0.3 is 12.3 Å². The molecule has 2 rings (SSSR count). The second-order valence-electron chi connectivity index (χ2n) is 3.74. The van der Waals surface area contributed by atoms with Gasteiger partial charge in [-0.05, 0) is 18.2 Å². The molecule has 0 bridgehead atoms. The summed E-state index contributed by atoms with van der Waals surface area (Å²) in [7, 11) is 0. The Morgan fingerprint density at radius 1 is 1.30 bits per heavy atom. The monoisotopic (exact) mass is 286 g/mol. The maximum absolute atomic E-state index is 11.9. The second-order valence-corrected chi connectivity index (χ2v) is 3.74. The highest BCUT2D eigenvalue weighted by atomic mass is 19.4. The van der Waals surface area contributed by atoms with Crippen LogP contribution in [0, 0.1) is 0 Å². The molecule has 20 heavy (non-hydrogen) atoms. The Morgan fingerprint density at radius 3 is 2.65 bits per heavy atom. The Balaban J connectivity index is 2.00. The number of hydrogen-bond acceptors (Lipinski definition) is 4. The van der Waals surface area contributed by atoms with Gasteiger partial charge in [-0.2, -0.15) is 13.2 Å². The number of alkyl halides is 3. The van der Waals surface area contributed by atoms with Crippen molar-refractivity contribution in [1.29, 1.82) is 0 Å². The topological polar surface area (TPSA) is 69.0 Å². The molecule has 0 fully saturated rings. The van der Waals surface area contributed by atoms with E-state index in [9.17, 15) is 18.0 Å². The molecule has 106 valence electrons. The highest BCUT2D eigenvalue weighted by molar-refractivity contribution is 5.85. The molecule has 0 unspecified atom stereocenters. The van der Waals surface area contributed by atoms with Crippen molar-refractivity contribution in [3.05, 3.63) is 36.9 Å². The minimum atomic E-state index is -4.55. The number of amides is 1. The lowest BCUT2D eigenvalue weighted by molar-refractivity contribution is -0.159. The van der Waals surface area contributed by atoms with Crippen LogP contribution in [0.25, 0.3) is 5.69 Å². The van der Waals surface area contributed by atoms with E-state index >= 15 is 0 Å². The van der Waals surface area contributed by atoms with Crippen LogP contribution in [0.3, 0.4) is 0 Å². The first-order valence-corrected chi connectivity index (χ1v) is 5.40. The Labute approximate surface area is 111 Å². The average Bonchev–Trinajstić information content (AvgIpc) is 2.90. The Morgan fingerprint density at radius 2 is 2.00 bits per heavy atom. The highest BCUT2D eigenvalue weighted by Crippen LogP contribution is 2.16. The summed E-state index contributed by atoms with van der Waals surface area (Å²) in [6.07, 6.45) is -2.84. The van der Waals surface area contributed by atoms with Crippen LogP contribution in [0.4, 0.5) is 23.7 Å². The number of carbonyl (C=O) groups excluding carboxylic acids is 1. The number of aromatic nitrogens is 3. The third-order valence-electron chi connectivity index (χ3n) is 2.18. The molecule has 9 heteroatoms. The summed E-state index contributed by atoms with van der Waals surface area (Å²) < 4.78 is 41.3. The van der Waals surface area contributed by atoms with Gasteiger partial charge in [0.15, 0.2) is 6.61 Å². The van der Waals surface area contributed by atoms with E-state index in [1.807, 2.05) is 0 Å². The van der Waals surface area contributed by atoms with Crippen LogP contribution >= 0.6 is 0 Å². The van der Waals surface area contributed by atoms with Crippen LogP contribution < -0.4 is 5.32 Å². The zero-order valence-corrected chi connectivity index (χ0v) is 9.96. The third-order valence-corrected chi connectivity index (χ3v) is 2.18. The maximum atomic E-state index is 11.9. The number of nitrogens with one attached hydrogen (secondary N) is 1. The molecule has 0 radical (unpaired) electrons. The van der Waals surface area contributed by atoms with Gasteiger partial charge in [-0.15, -0.1) is 10.2 Å². The zero-order chi connectivity index (χ0) is 14.6. The zero-order valence-electron chi connectivity index (χ0n) is 9.96. The third kappa shape index (κ3) is 3.97. The van der Waals surface area contributed by atoms with Crippen LogP contribution in [0.5, 0.6) is 0 Å². The molecular weight excluding hydrogens is 277 g/mol. The quantitative estimate of drug-likeness (QED) is 0.940. The number of hydrogen-bond donors (Lipinski definition) is 1. The number of anilines is 1. The second kappa shape index (κ2) is 5.59. The summed E-state index contributed by atoms with van der Waals surface area (Å²) in [5, 5.41) is 9.44. The lowest BCUT2D eigenvalue weighted by Crippen LogP contribution is -2.23. The van der Waals surface area contributed by atoms with Gasteiger partial charge in [-0.1, -0.05) is 6.07 Å². The molecular formula is C11H9F3N4O2. The molecule has 1 N–H and O–H groups in total. The van der Waals surface area contributed by atoms with Gasteiger partial charge < -0.3 is 4.74 Å². The van der Waals surface area contributed by atoms with Crippen LogP contribution in [0.2, 0.25) is 0 Å². The standard InChI is InChI=1S/C11H9F3N4O2/c12-11(13,14)5-20-10(19)17-8-2-1-3-9(4-8)18-6-15-16-7-18/h1-4,6-7H,5H2,(H,17,19). The summed E-state index contributed by atoms with van der Waals surface area (Å²) in [5.74, 6) is 0. The molecule has 0 aliphatic rings. The Hall–Kier alpha value is -2.58. The van der Waals surface area contributed by atoms with Crippen molar-refractivity contribution in [3.8, 4) is 5.69 Å². The van der Waals surface area contributed by atoms with E-state index in [1.165, 1.54) is 24.8 Å². The predicted molar refractivity (Wildman–Crippen MR) is 62.4 cm³/mol. The van der Waals surface area contributed by atoms with Gasteiger partial charge in [-0.3, -0.25) is 9.88 Å². The molecule has 0 atom stereocenters. The number of halogens is 3. The first kappa shape index (κ1) is 13.8. The Bertz CT molecular complexity index is 584. The smallest absolute Gasteiger partial charge is 0.422 e. The van der Waals surface area contributed by atoms with E-state index < -0.39 is 18.9 Å². The van der Waals surface area contributed by atoms with Gasteiger partial charge in [0, 0.05) is 5.69 Å². The van der Waals surface area contributed by atoms with E-state index in [1.54, 1.807) is 16.7 Å². The fourth-order valence-electron chi connectivity index (χ4n) is 1.38. The molecule has 0 saturated carbocycles. The van der Waals surface area contributed by atoms with E-state index in [4.69, 9.17) is 0 Å². The van der Waals surface area contributed by atoms with Gasteiger partial charge in [0.25, 0.3) is 0 Å². The number of ether oxygens (including phenoxy) is 1. The molecule has 6 nitrogen and oxygen atoms in total. The van der Waals surface area contributed by atoms with Gasteiger partial charge in [-0.25, -0.2) is 4.79 Å². The van der Waals surface area contributed by atoms with Crippen molar-refractivity contribution in [1.82, 2.24) is 14.8 Å². The van der Waals surface area contributed by atoms with E-state index in [2.05, 4.69) is 20.3 Å². The largest absolute Gasteiger partial charge is 0.440 e. The van der Waals surface area contributed by atoms with Gasteiger partial charge in [0.2, 0.25) is 0 Å². The van der Waals surface area contributed by atoms with Crippen molar-refractivity contribution < 1.29 is 22.7 Å². The van der Waals surface area contributed by atoms with E-state index in [-0.39, 0.29) is 0 Å². The summed E-state index contributed by atoms with van der Waals surface area (Å²) in [4.78, 5) is 11.2. The fourth-order valence-corrected chi connectivity index (χ4v) is 1.38. The maximum Gasteiger partial charge on any atom is 0.422 e. The lowest BCUT2D eigenvalue weighted by Gasteiger charge is -2.10. The minimum absolute atomic E-state index is 0.295. The van der Waals surface area contributed by atoms with Crippen LogP contribution in [-0.4, -0.2) is 33.6 Å². The molecule has 1 aromatic carbocycles. The van der Waals surface area contributed by atoms with E-state index in [0.29, 0.717) is 11.4 Å². The highest BCUT2D eigenvalue weighted by Gasteiger charge is 2.29. The molecule has 1 heterocycles. The lowest BCUT2D eigenvalue weighted by atomic mass is 10.3. The van der Waals surface area contributed by atoms with Crippen molar-refractivity contribution >= 4 is 11.8 Å². The molecule has 2 aromatic rings. The van der Waals surface area contributed by atoms with Crippen molar-refractivity contribution in [3.63, 3.8) is 0 Å². The van der Waals surface area contributed by atoms with Crippen molar-refractivity contribution in [2.45, 2.75) is 6.18 Å². The SMILES string of the molecule is O=C(Nc1cccc(-n2cnnc2)c1)OCC(F)(F)F. The van der Waals surface area contributed by atoms with Gasteiger partial charge in [0.1, 0.15) is 12.7 Å². The number of rotatable bonds is 3. The molecule has 0 aliphatic carbocycles. The van der Waals surface area contributed by atoms with Crippen LogP contribution in [-0.2, 0) is 4.74 Å². The van der Waals surface area contributed by atoms with Crippen LogP contribution in [0.1, 0.15) is 0 Å². The summed E-state index contributed by atoms with van der Waals surface area (Å²) in [5.41, 5.74) is 0.937. The van der Waals surface area contributed by atoms with Crippen molar-refractivity contribution in [2.75, 3.05) is 11.9 Å². The Kier molecular flexibility index (Phi) is 3.87. The first-order chi connectivity index (χ1) is 9.44. The molecule has 0 spiro atoms. The van der Waals surface area contributed by atoms with Crippen LogP contribution in [0.15, 0.2) is 36.9 Å².